The lowest BCUT2D eigenvalue weighted by molar-refractivity contribution is 0.181. The van der Waals surface area contributed by atoms with Crippen LogP contribution in [0.5, 0.6) is 0 Å². The van der Waals surface area contributed by atoms with Crippen molar-refractivity contribution in [1.82, 2.24) is 10.2 Å². The SMILES string of the molecule is CC(CCCO)NC(=O)N1CCc2cc(-c3ccccc3)oc2C1. The van der Waals surface area contributed by atoms with Gasteiger partial charge in [0.25, 0.3) is 0 Å². The molecular weight excluding hydrogens is 304 g/mol. The lowest BCUT2D eigenvalue weighted by Crippen LogP contribution is -2.45. The normalized spacial score (nSPS) is 15.0. The van der Waals surface area contributed by atoms with E-state index in [1.165, 1.54) is 5.56 Å². The summed E-state index contributed by atoms with van der Waals surface area (Å²) in [4.78, 5) is 14.2. The number of hydrogen-bond donors (Lipinski definition) is 2. The number of nitrogens with zero attached hydrogens (tertiary/aromatic N) is 1. The number of aliphatic hydroxyl groups is 1. The predicted molar refractivity (Wildman–Crippen MR) is 92.6 cm³/mol. The Morgan fingerprint density at radius 3 is 2.92 bits per heavy atom. The minimum atomic E-state index is -0.0660. The standard InChI is InChI=1S/C19H24N2O3/c1-14(6-5-11-22)20-19(23)21-10-9-16-12-17(24-18(16)13-21)15-7-3-2-4-8-15/h2-4,7-8,12,14,22H,5-6,9-11,13H2,1H3,(H,20,23). The Bertz CT molecular complexity index is 681. The van der Waals surface area contributed by atoms with Crippen molar-refractivity contribution in [3.63, 3.8) is 0 Å². The fraction of sp³-hybridized carbons (Fsp3) is 0.421. The van der Waals surface area contributed by atoms with E-state index in [1.807, 2.05) is 37.3 Å². The van der Waals surface area contributed by atoms with Crippen LogP contribution in [0.4, 0.5) is 4.79 Å². The van der Waals surface area contributed by atoms with Gasteiger partial charge >= 0.3 is 6.03 Å². The van der Waals surface area contributed by atoms with Crippen LogP contribution in [0.2, 0.25) is 0 Å². The van der Waals surface area contributed by atoms with Crippen LogP contribution in [0.1, 0.15) is 31.1 Å². The maximum atomic E-state index is 12.4. The lowest BCUT2D eigenvalue weighted by Gasteiger charge is -2.27. The highest BCUT2D eigenvalue weighted by Gasteiger charge is 2.25. The zero-order chi connectivity index (χ0) is 16.9. The largest absolute Gasteiger partial charge is 0.459 e. The van der Waals surface area contributed by atoms with Crippen LogP contribution in [0.25, 0.3) is 11.3 Å². The average molecular weight is 328 g/mol. The Morgan fingerprint density at radius 2 is 2.17 bits per heavy atom. The monoisotopic (exact) mass is 328 g/mol. The van der Waals surface area contributed by atoms with E-state index in [0.717, 1.165) is 29.9 Å². The number of carbonyl (C=O) groups is 1. The average Bonchev–Trinajstić information content (AvgIpc) is 3.04. The molecule has 0 aliphatic carbocycles. The number of benzene rings is 1. The summed E-state index contributed by atoms with van der Waals surface area (Å²) in [5.41, 5.74) is 2.24. The van der Waals surface area contributed by atoms with Crippen LogP contribution in [0.3, 0.4) is 0 Å². The highest BCUT2D eigenvalue weighted by molar-refractivity contribution is 5.75. The van der Waals surface area contributed by atoms with Crippen LogP contribution in [-0.4, -0.2) is 35.2 Å². The zero-order valence-corrected chi connectivity index (χ0v) is 14.0. The molecule has 1 aromatic carbocycles. The van der Waals surface area contributed by atoms with E-state index in [9.17, 15) is 4.79 Å². The Labute approximate surface area is 142 Å². The number of amides is 2. The fourth-order valence-corrected chi connectivity index (χ4v) is 3.01. The highest BCUT2D eigenvalue weighted by Crippen LogP contribution is 2.29. The highest BCUT2D eigenvalue weighted by atomic mass is 16.3. The number of furan rings is 1. The molecule has 24 heavy (non-hydrogen) atoms. The number of nitrogens with one attached hydrogen (secondary N) is 1. The van der Waals surface area contributed by atoms with Crippen LogP contribution < -0.4 is 5.32 Å². The molecule has 3 rings (SSSR count). The minimum absolute atomic E-state index is 0.0579. The van der Waals surface area contributed by atoms with Gasteiger partial charge in [0.2, 0.25) is 0 Å². The number of aliphatic hydroxyl groups excluding tert-OH is 1. The first-order valence-corrected chi connectivity index (χ1v) is 8.50. The van der Waals surface area contributed by atoms with Gasteiger partial charge in [0, 0.05) is 24.8 Å². The first kappa shape index (κ1) is 16.6. The van der Waals surface area contributed by atoms with Gasteiger partial charge in [-0.05, 0) is 37.8 Å². The molecule has 2 heterocycles. The molecule has 5 heteroatoms. The van der Waals surface area contributed by atoms with E-state index in [2.05, 4.69) is 11.4 Å². The molecule has 0 bridgehead atoms. The molecule has 1 aliphatic heterocycles. The summed E-state index contributed by atoms with van der Waals surface area (Å²) >= 11 is 0. The smallest absolute Gasteiger partial charge is 0.318 e. The van der Waals surface area contributed by atoms with Gasteiger partial charge in [-0.3, -0.25) is 0 Å². The van der Waals surface area contributed by atoms with E-state index in [-0.39, 0.29) is 18.7 Å². The van der Waals surface area contributed by atoms with Gasteiger partial charge in [0.1, 0.15) is 11.5 Å². The van der Waals surface area contributed by atoms with Crippen molar-refractivity contribution in [3.8, 4) is 11.3 Å². The molecule has 0 fully saturated rings. The van der Waals surface area contributed by atoms with Gasteiger partial charge in [-0.2, -0.15) is 0 Å². The molecule has 0 saturated carbocycles. The van der Waals surface area contributed by atoms with E-state index in [0.29, 0.717) is 19.5 Å². The number of carbonyl (C=O) groups excluding carboxylic acids is 1. The molecule has 1 aromatic heterocycles. The third-order valence-corrected chi connectivity index (χ3v) is 4.39. The van der Waals surface area contributed by atoms with Crippen LogP contribution in [0.15, 0.2) is 40.8 Å². The molecule has 1 unspecified atom stereocenters. The van der Waals surface area contributed by atoms with Crippen molar-refractivity contribution in [3.05, 3.63) is 47.7 Å². The molecule has 0 spiro atoms. The van der Waals surface area contributed by atoms with Gasteiger partial charge in [-0.15, -0.1) is 0 Å². The minimum Gasteiger partial charge on any atom is -0.459 e. The topological polar surface area (TPSA) is 65.7 Å². The second kappa shape index (κ2) is 7.53. The molecular formula is C19H24N2O3. The number of rotatable bonds is 5. The van der Waals surface area contributed by atoms with Gasteiger partial charge in [0.05, 0.1) is 6.54 Å². The molecule has 128 valence electrons. The third-order valence-electron chi connectivity index (χ3n) is 4.39. The Hall–Kier alpha value is -2.27. The summed E-state index contributed by atoms with van der Waals surface area (Å²) < 4.78 is 5.99. The van der Waals surface area contributed by atoms with Gasteiger partial charge in [0.15, 0.2) is 0 Å². The van der Waals surface area contributed by atoms with Crippen molar-refractivity contribution in [2.45, 2.75) is 38.8 Å². The quantitative estimate of drug-likeness (QED) is 0.886. The molecule has 0 radical (unpaired) electrons. The second-order valence-corrected chi connectivity index (χ2v) is 6.31. The summed E-state index contributed by atoms with van der Waals surface area (Å²) in [7, 11) is 0. The zero-order valence-electron chi connectivity index (χ0n) is 14.0. The molecule has 2 aromatic rings. The van der Waals surface area contributed by atoms with E-state index in [4.69, 9.17) is 9.52 Å². The van der Waals surface area contributed by atoms with Crippen molar-refractivity contribution < 1.29 is 14.3 Å². The Kier molecular flexibility index (Phi) is 5.20. The number of hydrogen-bond acceptors (Lipinski definition) is 3. The third kappa shape index (κ3) is 3.79. The molecule has 2 amide bonds. The van der Waals surface area contributed by atoms with E-state index < -0.39 is 0 Å². The van der Waals surface area contributed by atoms with Gasteiger partial charge in [-0.25, -0.2) is 4.79 Å². The molecule has 2 N–H and O–H groups in total. The van der Waals surface area contributed by atoms with E-state index in [1.54, 1.807) is 4.90 Å². The van der Waals surface area contributed by atoms with Crippen LogP contribution >= 0.6 is 0 Å². The fourth-order valence-electron chi connectivity index (χ4n) is 3.01. The van der Waals surface area contributed by atoms with Gasteiger partial charge in [-0.1, -0.05) is 30.3 Å². The maximum Gasteiger partial charge on any atom is 0.318 e. The molecule has 1 atom stereocenters. The first-order valence-electron chi connectivity index (χ1n) is 8.50. The van der Waals surface area contributed by atoms with Crippen molar-refractivity contribution in [1.29, 1.82) is 0 Å². The summed E-state index contributed by atoms with van der Waals surface area (Å²) in [6, 6.07) is 12.1. The number of fused-ring (bicyclic) bond motifs is 1. The lowest BCUT2D eigenvalue weighted by atomic mass is 10.1. The van der Waals surface area contributed by atoms with E-state index >= 15 is 0 Å². The summed E-state index contributed by atoms with van der Waals surface area (Å²) in [5.74, 6) is 1.73. The number of urea groups is 1. The first-order chi connectivity index (χ1) is 11.7. The molecule has 5 nitrogen and oxygen atoms in total. The van der Waals surface area contributed by atoms with Crippen LogP contribution in [-0.2, 0) is 13.0 Å². The summed E-state index contributed by atoms with van der Waals surface area (Å²) in [6.07, 6.45) is 2.29. The summed E-state index contributed by atoms with van der Waals surface area (Å²) in [5, 5.41) is 11.9. The van der Waals surface area contributed by atoms with Crippen molar-refractivity contribution in [2.75, 3.05) is 13.2 Å². The Morgan fingerprint density at radius 1 is 1.38 bits per heavy atom. The summed E-state index contributed by atoms with van der Waals surface area (Å²) in [6.45, 7) is 3.31. The second-order valence-electron chi connectivity index (χ2n) is 6.31. The van der Waals surface area contributed by atoms with Crippen LogP contribution in [0, 0.1) is 0 Å². The maximum absolute atomic E-state index is 12.4. The predicted octanol–water partition coefficient (Wildman–Crippen LogP) is 3.18. The molecule has 0 saturated heterocycles. The van der Waals surface area contributed by atoms with Gasteiger partial charge < -0.3 is 19.7 Å². The molecule has 1 aliphatic rings. The van der Waals surface area contributed by atoms with Crippen molar-refractivity contribution >= 4 is 6.03 Å². The van der Waals surface area contributed by atoms with Crippen molar-refractivity contribution in [2.24, 2.45) is 0 Å². The Balaban J connectivity index is 1.64.